The van der Waals surface area contributed by atoms with Crippen molar-refractivity contribution in [2.24, 2.45) is 28.3 Å². The lowest BCUT2D eigenvalue weighted by atomic mass is 9.89. The van der Waals surface area contributed by atoms with Gasteiger partial charge in [-0.15, -0.1) is 0 Å². The molecule has 0 fully saturated rings. The molecular weight excluding hydrogens is 1040 g/mol. The van der Waals surface area contributed by atoms with Crippen molar-refractivity contribution >= 4 is 88.1 Å². The average molecular weight is 1120 g/mol. The normalized spacial score (nSPS) is 13.2. The number of carbonyl (C=O) groups excluding carboxylic acids is 10. The molecule has 22 nitrogen and oxygen atoms in total. The molecule has 3 aromatic rings. The summed E-state index contributed by atoms with van der Waals surface area (Å²) in [6.07, 6.45) is 12.3. The molecule has 0 saturated heterocycles. The Labute approximate surface area is 473 Å². The van der Waals surface area contributed by atoms with Crippen molar-refractivity contribution in [2.75, 3.05) is 43.4 Å². The number of unbranched alkanes of at least 4 members (excludes halogenated alkanes) is 2. The van der Waals surface area contributed by atoms with Crippen molar-refractivity contribution < 1.29 is 52.7 Å². The first-order valence-electron chi connectivity index (χ1n) is 27.6. The number of amidine groups is 1. The zero-order valence-electron chi connectivity index (χ0n) is 47.4. The summed E-state index contributed by atoms with van der Waals surface area (Å²) >= 11 is 0. The van der Waals surface area contributed by atoms with E-state index < -0.39 is 30.0 Å². The number of urea groups is 1. The van der Waals surface area contributed by atoms with Crippen molar-refractivity contribution in [2.45, 2.75) is 131 Å². The van der Waals surface area contributed by atoms with Gasteiger partial charge in [-0.25, -0.2) is 14.6 Å². The van der Waals surface area contributed by atoms with Gasteiger partial charge in [-0.3, -0.25) is 48.2 Å². The van der Waals surface area contributed by atoms with Gasteiger partial charge in [0.25, 0.3) is 17.7 Å². The molecule has 0 aliphatic carbocycles. The van der Waals surface area contributed by atoms with Crippen LogP contribution in [0.4, 0.5) is 26.7 Å². The summed E-state index contributed by atoms with van der Waals surface area (Å²) in [6.45, 7) is 13.3. The lowest BCUT2D eigenvalue weighted by Gasteiger charge is -2.24. The van der Waals surface area contributed by atoms with E-state index in [9.17, 15) is 47.9 Å². The third-order valence-electron chi connectivity index (χ3n) is 12.9. The summed E-state index contributed by atoms with van der Waals surface area (Å²) < 4.78 is 5.14. The fourth-order valence-corrected chi connectivity index (χ4v) is 8.72. The predicted octanol–water partition coefficient (Wildman–Crippen LogP) is 6.94. The Morgan fingerprint density at radius 2 is 1.51 bits per heavy atom. The van der Waals surface area contributed by atoms with Crippen LogP contribution in [0, 0.1) is 18.8 Å². The number of aliphatic imine (C=N–C) groups is 1. The first kappa shape index (κ1) is 65.0. The van der Waals surface area contributed by atoms with E-state index in [1.807, 2.05) is 30.9 Å². The number of carbonyl (C=O) groups is 10. The largest absolute Gasteiger partial charge is 0.445 e. The number of Topliss-reactive ketones (excluding diaryl/α,β-unsaturated/α-hetero) is 2. The number of ether oxygens (including phenoxy) is 1. The number of nitrogens with one attached hydrogen (secondary N) is 5. The maximum Gasteiger partial charge on any atom is 0.407 e. The van der Waals surface area contributed by atoms with Gasteiger partial charge in [0.15, 0.2) is 11.6 Å². The number of aromatic nitrogens is 1. The number of ketones is 2. The van der Waals surface area contributed by atoms with E-state index in [0.29, 0.717) is 91.2 Å². The molecule has 9 amide bonds. The Kier molecular flexibility index (Phi) is 27.1. The molecule has 436 valence electrons. The quantitative estimate of drug-likeness (QED) is 0.0263. The number of anilines is 2. The zero-order valence-corrected chi connectivity index (χ0v) is 47.4. The number of rotatable bonds is 30. The van der Waals surface area contributed by atoms with Gasteiger partial charge >= 0.3 is 12.1 Å². The van der Waals surface area contributed by atoms with Gasteiger partial charge in [-0.2, -0.15) is 0 Å². The van der Waals surface area contributed by atoms with Crippen LogP contribution in [0.25, 0.3) is 6.08 Å². The van der Waals surface area contributed by atoms with Crippen LogP contribution in [0.3, 0.4) is 0 Å². The predicted molar refractivity (Wildman–Crippen MR) is 309 cm³/mol. The average Bonchev–Trinajstić information content (AvgIpc) is 3.64. The maximum absolute atomic E-state index is 13.5. The highest BCUT2D eigenvalue weighted by molar-refractivity contribution is 6.13. The van der Waals surface area contributed by atoms with Gasteiger partial charge in [0, 0.05) is 98.5 Å². The molecule has 3 heterocycles. The second-order valence-electron chi connectivity index (χ2n) is 20.2. The minimum absolute atomic E-state index is 0.0107. The Morgan fingerprint density at radius 3 is 2.15 bits per heavy atom. The fraction of sp³-hybridized carbons (Fsp3) is 0.458. The number of nitrogens with zero attached hydrogens (tertiary/aromatic N) is 4. The second kappa shape index (κ2) is 33.8. The number of primary amides is 1. The minimum atomic E-state index is -0.825. The molecule has 0 radical (unpaired) electrons. The Balaban J connectivity index is 0.000000387. The highest BCUT2D eigenvalue weighted by Crippen LogP contribution is 2.29. The van der Waals surface area contributed by atoms with Gasteiger partial charge in [0.2, 0.25) is 17.7 Å². The topological polar surface area (TPSA) is 324 Å². The first-order chi connectivity index (χ1) is 38.7. The van der Waals surface area contributed by atoms with Crippen LogP contribution in [0.5, 0.6) is 0 Å². The molecule has 5 rings (SSSR count). The van der Waals surface area contributed by atoms with Crippen LogP contribution in [-0.4, -0.2) is 119 Å². The molecule has 0 bridgehead atoms. The lowest BCUT2D eigenvalue weighted by molar-refractivity contribution is -0.137. The Hall–Kier alpha value is -8.56. The van der Waals surface area contributed by atoms with E-state index in [1.54, 1.807) is 68.7 Å². The van der Waals surface area contributed by atoms with Gasteiger partial charge in [-0.05, 0) is 105 Å². The van der Waals surface area contributed by atoms with E-state index in [4.69, 9.17) is 16.2 Å². The van der Waals surface area contributed by atoms with Crippen LogP contribution < -0.4 is 38.1 Å². The molecule has 1 aromatic heterocycles. The highest BCUT2D eigenvalue weighted by atomic mass is 16.5. The van der Waals surface area contributed by atoms with Crippen molar-refractivity contribution in [1.82, 2.24) is 30.7 Å². The number of pyridine rings is 1. The minimum Gasteiger partial charge on any atom is -0.445 e. The van der Waals surface area contributed by atoms with Gasteiger partial charge in [0.1, 0.15) is 12.4 Å². The summed E-state index contributed by atoms with van der Waals surface area (Å²) in [5.41, 5.74) is 16.4. The first-order valence-corrected chi connectivity index (χ1v) is 27.6. The van der Waals surface area contributed by atoms with Crippen LogP contribution in [-0.2, 0) is 44.9 Å². The van der Waals surface area contributed by atoms with Crippen molar-refractivity contribution in [1.29, 1.82) is 0 Å². The summed E-state index contributed by atoms with van der Waals surface area (Å²) in [6, 6.07) is 12.1. The monoisotopic (exact) mass is 1120 g/mol. The summed E-state index contributed by atoms with van der Waals surface area (Å²) in [4.78, 5) is 135. The van der Waals surface area contributed by atoms with Crippen molar-refractivity contribution in [3.05, 3.63) is 101 Å². The molecule has 2 atom stereocenters. The molecule has 2 aromatic carbocycles. The number of hydrogen-bond donors (Lipinski definition) is 7. The third kappa shape index (κ3) is 22.6. The van der Waals surface area contributed by atoms with E-state index in [1.165, 1.54) is 12.2 Å². The number of hydrogen-bond acceptors (Lipinski definition) is 14. The van der Waals surface area contributed by atoms with E-state index in [2.05, 4.69) is 50.4 Å². The summed E-state index contributed by atoms with van der Waals surface area (Å²) in [7, 11) is 0. The molecule has 0 unspecified atom stereocenters. The van der Waals surface area contributed by atoms with Crippen LogP contribution in [0.2, 0.25) is 0 Å². The molecule has 22 heteroatoms. The van der Waals surface area contributed by atoms with Crippen molar-refractivity contribution in [3.8, 4) is 0 Å². The van der Waals surface area contributed by atoms with Crippen LogP contribution in [0.1, 0.15) is 139 Å². The number of nitrogens with two attached hydrogens (primary N) is 2. The maximum atomic E-state index is 13.5. The number of alkyl carbamates (subject to hydrolysis) is 1. The molecule has 2 aliphatic rings. The van der Waals surface area contributed by atoms with Crippen molar-refractivity contribution in [3.63, 3.8) is 0 Å². The highest BCUT2D eigenvalue weighted by Gasteiger charge is 2.30. The number of benzene rings is 2. The lowest BCUT2D eigenvalue weighted by Crippen LogP contribution is -2.45. The molecule has 2 aliphatic heterocycles. The Morgan fingerprint density at radius 1 is 0.802 bits per heavy atom. The van der Waals surface area contributed by atoms with Crippen LogP contribution >= 0.6 is 0 Å². The fourth-order valence-electron chi connectivity index (χ4n) is 8.72. The second-order valence-corrected chi connectivity index (χ2v) is 20.2. The molecule has 9 N–H and O–H groups in total. The number of amides is 9. The standard InChI is InChI=1S/C35H50N6O9.C24H29N5O2/c1-4-9-27(42)21-38-35(49)50-22-24-12-14-26(15-13-24)39-33(47)25(10-8-18-37-34(36)48)20-28(43)32(23(2)3)40-29(44)11-6-5-7-19-41-30(45)16-17-31(41)46;1-4-8-29(9-5-2)24(31)19-11-17-6-7-18(12-21(17)28-22(25)13-19)23(30)27-20-10-16(3)14-26-15-20/h12-17,23,25,32H,4-11,18-22H2,1-3H3,(H,38,49)(H,39,47)(H,40,44)(H3,36,37,48);6-7,10-12,14-15H,4-5,8-9,13H2,1-3H3,(H2,25,28)(H,27,30)/t25-,32+;/m1./s1. The van der Waals surface area contributed by atoms with E-state index >= 15 is 0 Å². The van der Waals surface area contributed by atoms with Gasteiger partial charge in [0.05, 0.1) is 30.2 Å². The Bertz CT molecular complexity index is 2790. The van der Waals surface area contributed by atoms with Gasteiger partial charge in [-0.1, -0.05) is 59.2 Å². The SMILES string of the molecule is CCCC(=O)CNC(=O)OCc1ccc(NC(=O)[C@H](CCCNC(N)=O)CC(=O)[C@@H](NC(=O)CCCCCN2C(=O)C=CC2=O)C(C)C)cc1.CCCN(CCC)C(=O)C1=Cc2ccc(C(=O)Nc3cncc(C)c3)cc2N=C(N)C1. The molecule has 81 heavy (non-hydrogen) atoms. The zero-order chi connectivity index (χ0) is 59.4. The van der Waals surface area contributed by atoms with E-state index in [-0.39, 0.29) is 98.9 Å². The molecular formula is C59H79N11O11. The smallest absolute Gasteiger partial charge is 0.407 e. The summed E-state index contributed by atoms with van der Waals surface area (Å²) in [5.74, 6) is -2.76. The van der Waals surface area contributed by atoms with Gasteiger partial charge < -0.3 is 47.7 Å². The molecule has 0 saturated carbocycles. The summed E-state index contributed by atoms with van der Waals surface area (Å²) in [5, 5.41) is 13.3. The number of fused-ring (bicyclic) bond motifs is 1. The van der Waals surface area contributed by atoms with E-state index in [0.717, 1.165) is 28.9 Å². The molecule has 0 spiro atoms. The third-order valence-corrected chi connectivity index (χ3v) is 12.9. The number of aryl methyl sites for hydroxylation is 1. The number of imide groups is 1. The van der Waals surface area contributed by atoms with Crippen LogP contribution in [0.15, 0.2) is 83.6 Å².